The molecule has 5 rings (SSSR count). The zero-order valence-electron chi connectivity index (χ0n) is 18.6. The van der Waals surface area contributed by atoms with Crippen LogP contribution in [0, 0.1) is 18.9 Å². The van der Waals surface area contributed by atoms with Gasteiger partial charge in [0.15, 0.2) is 6.21 Å². The third kappa shape index (κ3) is 4.57. The molecule has 0 spiro atoms. The Labute approximate surface area is 195 Å². The van der Waals surface area contributed by atoms with E-state index in [1.807, 2.05) is 66.6 Å². The van der Waals surface area contributed by atoms with Gasteiger partial charge in [-0.2, -0.15) is 0 Å². The van der Waals surface area contributed by atoms with Crippen LogP contribution < -0.4 is 10.6 Å². The van der Waals surface area contributed by atoms with Crippen LogP contribution in [0.3, 0.4) is 0 Å². The van der Waals surface area contributed by atoms with E-state index in [1.54, 1.807) is 18.6 Å². The van der Waals surface area contributed by atoms with Gasteiger partial charge in [0.05, 0.1) is 24.3 Å². The van der Waals surface area contributed by atoms with Gasteiger partial charge in [-0.25, -0.2) is 9.15 Å². The van der Waals surface area contributed by atoms with Crippen molar-refractivity contribution in [3.8, 4) is 0 Å². The molecule has 170 valence electrons. The van der Waals surface area contributed by atoms with Crippen LogP contribution in [0.2, 0.25) is 0 Å². The molecule has 2 N–H and O–H groups in total. The van der Waals surface area contributed by atoms with Crippen molar-refractivity contribution in [2.45, 2.75) is 18.9 Å². The summed E-state index contributed by atoms with van der Waals surface area (Å²) in [6.07, 6.45) is 11.3. The van der Waals surface area contributed by atoms with Crippen molar-refractivity contribution in [2.75, 3.05) is 26.0 Å². The number of carbonyl (C=O) groups is 1. The van der Waals surface area contributed by atoms with Gasteiger partial charge >= 0.3 is 17.5 Å². The Kier molecular flexibility index (Phi) is 5.77. The summed E-state index contributed by atoms with van der Waals surface area (Å²) in [5.41, 5.74) is 2.41. The minimum Gasteiger partial charge on any atom is -0.375 e. The van der Waals surface area contributed by atoms with Crippen molar-refractivity contribution in [3.63, 3.8) is 0 Å². The molecule has 1 fully saturated rings. The van der Waals surface area contributed by atoms with Crippen molar-refractivity contribution >= 4 is 35.7 Å². The van der Waals surface area contributed by atoms with E-state index in [0.717, 1.165) is 41.6 Å². The SMILES string of the molecule is C[N+]1=C([C@@H](NC(=O)c2cccc(NCC3=[N+](C)/C(=C4\[CH]C=NC=C4)N=N3)c2)C2CC2)N=C[CH]1.[HH].[HH]. The summed E-state index contributed by atoms with van der Waals surface area (Å²) in [6, 6.07) is 7.43. The van der Waals surface area contributed by atoms with E-state index in [4.69, 9.17) is 0 Å². The number of hydrogen-bond donors (Lipinski definition) is 2. The topological polar surface area (TPSA) is 96.6 Å². The Balaban J connectivity index is 0.00000171. The number of nitrogens with zero attached hydrogens (tertiary/aromatic N) is 6. The molecule has 0 saturated heterocycles. The maximum atomic E-state index is 13.0. The van der Waals surface area contributed by atoms with Gasteiger partial charge in [-0.3, -0.25) is 9.79 Å². The first-order valence-corrected chi connectivity index (χ1v) is 11.0. The number of amides is 1. The van der Waals surface area contributed by atoms with Crippen LogP contribution in [0.5, 0.6) is 0 Å². The molecule has 0 unspecified atom stereocenters. The van der Waals surface area contributed by atoms with Gasteiger partial charge in [0.1, 0.15) is 12.6 Å². The van der Waals surface area contributed by atoms with Crippen molar-refractivity contribution < 1.29 is 16.8 Å². The average Bonchev–Trinajstić information content (AvgIpc) is 3.50. The number of amidine groups is 2. The second-order valence-corrected chi connectivity index (χ2v) is 8.35. The highest BCUT2D eigenvalue weighted by molar-refractivity contribution is 6.01. The Morgan fingerprint density at radius 3 is 2.85 bits per heavy atom. The predicted molar refractivity (Wildman–Crippen MR) is 132 cm³/mol. The average molecular weight is 447 g/mol. The van der Waals surface area contributed by atoms with Gasteiger partial charge in [0.25, 0.3) is 5.91 Å². The standard InChI is InChI=1S/C24H25N8O.2H2/c1-31-13-12-26-23(31)21(16-6-7-16)28-24(33)18-4-3-5-19(14-18)27-15-20-29-30-22(32(20)2)17-8-10-25-11-9-17;;/h3-5,8-14,16,21,27H,6-7,15H2,1-2H3;2*1H/q+1;;/p+1/t21-;;/m0../s1. The molecule has 9 heteroatoms. The first-order chi connectivity index (χ1) is 16.1. The summed E-state index contributed by atoms with van der Waals surface area (Å²) in [5.74, 6) is 2.81. The van der Waals surface area contributed by atoms with Crippen LogP contribution >= 0.6 is 0 Å². The summed E-state index contributed by atoms with van der Waals surface area (Å²) < 4.78 is 3.92. The van der Waals surface area contributed by atoms with E-state index < -0.39 is 0 Å². The fraction of sp³-hybridized carbons (Fsp3) is 0.292. The zero-order valence-corrected chi connectivity index (χ0v) is 18.6. The van der Waals surface area contributed by atoms with Crippen molar-refractivity contribution in [3.05, 3.63) is 66.5 Å². The lowest BCUT2D eigenvalue weighted by molar-refractivity contribution is -0.442. The number of rotatable bonds is 7. The molecule has 1 amide bonds. The zero-order chi connectivity index (χ0) is 22.8. The molecular formula is C24H30N8O+2. The number of nitrogens with one attached hydrogen (secondary N) is 2. The molecule has 1 atom stereocenters. The molecule has 3 heterocycles. The van der Waals surface area contributed by atoms with Crippen LogP contribution in [0.25, 0.3) is 0 Å². The first-order valence-electron chi connectivity index (χ1n) is 11.0. The summed E-state index contributed by atoms with van der Waals surface area (Å²) >= 11 is 0. The summed E-state index contributed by atoms with van der Waals surface area (Å²) in [6.45, 7) is 2.39. The van der Waals surface area contributed by atoms with E-state index in [0.29, 0.717) is 18.0 Å². The lowest BCUT2D eigenvalue weighted by Gasteiger charge is -2.15. The molecule has 3 aliphatic heterocycles. The van der Waals surface area contributed by atoms with Crippen LogP contribution in [0.4, 0.5) is 5.69 Å². The van der Waals surface area contributed by atoms with Crippen LogP contribution in [0.15, 0.2) is 68.1 Å². The smallest absolute Gasteiger partial charge is 0.316 e. The van der Waals surface area contributed by atoms with E-state index >= 15 is 0 Å². The second kappa shape index (κ2) is 9.01. The largest absolute Gasteiger partial charge is 0.375 e. The number of allylic oxidation sites excluding steroid dienone is 2. The normalized spacial score (nSPS) is 22.5. The van der Waals surface area contributed by atoms with Crippen molar-refractivity contribution in [1.82, 2.24) is 5.32 Å². The second-order valence-electron chi connectivity index (χ2n) is 8.35. The molecule has 1 aromatic carbocycles. The molecule has 33 heavy (non-hydrogen) atoms. The minimum absolute atomic E-state index is 0. The molecule has 1 aliphatic carbocycles. The molecule has 1 saturated carbocycles. The molecule has 0 bridgehead atoms. The molecule has 4 aliphatic rings. The summed E-state index contributed by atoms with van der Waals surface area (Å²) in [4.78, 5) is 21.5. The van der Waals surface area contributed by atoms with Crippen LogP contribution in [-0.2, 0) is 0 Å². The Bertz CT molecular complexity index is 1210. The van der Waals surface area contributed by atoms with E-state index in [9.17, 15) is 4.79 Å². The third-order valence-electron chi connectivity index (χ3n) is 6.00. The molecular weight excluding hydrogens is 416 g/mol. The number of aliphatic imine (C=N–C) groups is 2. The first kappa shape index (κ1) is 21.1. The van der Waals surface area contributed by atoms with Gasteiger partial charge in [-0.15, -0.1) is 0 Å². The van der Waals surface area contributed by atoms with E-state index in [2.05, 4.69) is 30.8 Å². The maximum Gasteiger partial charge on any atom is 0.316 e. The fourth-order valence-electron chi connectivity index (χ4n) is 3.94. The van der Waals surface area contributed by atoms with E-state index in [1.165, 1.54) is 0 Å². The van der Waals surface area contributed by atoms with Gasteiger partial charge in [-0.1, -0.05) is 11.1 Å². The van der Waals surface area contributed by atoms with Crippen LogP contribution in [0.1, 0.15) is 26.1 Å². The highest BCUT2D eigenvalue weighted by Gasteiger charge is 2.41. The number of carbonyl (C=O) groups excluding carboxylic acids is 1. The molecule has 9 nitrogen and oxygen atoms in total. The quantitative estimate of drug-likeness (QED) is 0.630. The Morgan fingerprint density at radius 1 is 1.24 bits per heavy atom. The summed E-state index contributed by atoms with van der Waals surface area (Å²) in [7, 11) is 3.90. The van der Waals surface area contributed by atoms with E-state index in [-0.39, 0.29) is 14.8 Å². The van der Waals surface area contributed by atoms with Gasteiger partial charge < -0.3 is 10.6 Å². The molecule has 0 aromatic heterocycles. The van der Waals surface area contributed by atoms with Crippen molar-refractivity contribution in [2.24, 2.45) is 26.1 Å². The molecule has 2 radical (unpaired) electrons. The minimum atomic E-state index is -0.0998. The molecule has 1 aromatic rings. The monoisotopic (exact) mass is 446 g/mol. The predicted octanol–water partition coefficient (Wildman–Crippen LogP) is 2.91. The maximum absolute atomic E-state index is 13.0. The lowest BCUT2D eigenvalue weighted by atomic mass is 10.1. The highest BCUT2D eigenvalue weighted by Crippen LogP contribution is 2.34. The lowest BCUT2D eigenvalue weighted by Crippen LogP contribution is -2.43. The highest BCUT2D eigenvalue weighted by atomic mass is 16.1. The van der Waals surface area contributed by atoms with Gasteiger partial charge in [0.2, 0.25) is 6.54 Å². The number of hydrogen-bond acceptors (Lipinski definition) is 6. The van der Waals surface area contributed by atoms with Gasteiger partial charge in [0, 0.05) is 38.5 Å². The van der Waals surface area contributed by atoms with Crippen molar-refractivity contribution in [1.29, 1.82) is 0 Å². The van der Waals surface area contributed by atoms with Gasteiger partial charge in [-0.05, 0) is 43.0 Å². The Hall–Kier alpha value is -3.75. The summed E-state index contributed by atoms with van der Waals surface area (Å²) in [5, 5.41) is 15.2. The fourth-order valence-corrected chi connectivity index (χ4v) is 3.94. The number of azo groups is 1. The number of benzene rings is 1. The van der Waals surface area contributed by atoms with Crippen LogP contribution in [-0.4, -0.2) is 65.8 Å². The third-order valence-corrected chi connectivity index (χ3v) is 6.00. The Morgan fingerprint density at radius 2 is 2.12 bits per heavy atom. The number of anilines is 1.